The van der Waals surface area contributed by atoms with Gasteiger partial charge in [-0.25, -0.2) is 0 Å². The molecule has 4 nitrogen and oxygen atoms in total. The van der Waals surface area contributed by atoms with Gasteiger partial charge in [0.05, 0.1) is 30.3 Å². The SMILES string of the molecule is C=CCSCC(=O)Nc1cc(Br)ccc1N1CCOCC1. The van der Waals surface area contributed by atoms with Crippen molar-refractivity contribution >= 4 is 45.0 Å². The van der Waals surface area contributed by atoms with Gasteiger partial charge in [0.25, 0.3) is 0 Å². The van der Waals surface area contributed by atoms with Crippen molar-refractivity contribution in [1.82, 2.24) is 0 Å². The molecule has 1 fully saturated rings. The summed E-state index contributed by atoms with van der Waals surface area (Å²) >= 11 is 5.01. The van der Waals surface area contributed by atoms with E-state index >= 15 is 0 Å². The number of anilines is 2. The van der Waals surface area contributed by atoms with E-state index in [4.69, 9.17) is 4.74 Å². The first-order valence-corrected chi connectivity index (χ1v) is 8.76. The monoisotopic (exact) mass is 370 g/mol. The van der Waals surface area contributed by atoms with Gasteiger partial charge in [-0.15, -0.1) is 18.3 Å². The van der Waals surface area contributed by atoms with E-state index < -0.39 is 0 Å². The Morgan fingerprint density at radius 3 is 2.95 bits per heavy atom. The number of hydrogen-bond donors (Lipinski definition) is 1. The summed E-state index contributed by atoms with van der Waals surface area (Å²) in [5.41, 5.74) is 1.89. The number of nitrogens with zero attached hydrogens (tertiary/aromatic N) is 1. The molecule has 0 spiro atoms. The first kappa shape index (κ1) is 16.4. The van der Waals surface area contributed by atoms with Crippen LogP contribution in [0.5, 0.6) is 0 Å². The Balaban J connectivity index is 2.07. The Morgan fingerprint density at radius 2 is 2.24 bits per heavy atom. The summed E-state index contributed by atoms with van der Waals surface area (Å²) in [6.07, 6.45) is 1.80. The topological polar surface area (TPSA) is 41.6 Å². The van der Waals surface area contributed by atoms with E-state index in [1.165, 1.54) is 0 Å². The average molecular weight is 371 g/mol. The second kappa shape index (κ2) is 8.46. The van der Waals surface area contributed by atoms with Gasteiger partial charge < -0.3 is 15.0 Å². The average Bonchev–Trinajstić information content (AvgIpc) is 2.48. The molecule has 0 aliphatic carbocycles. The zero-order valence-corrected chi connectivity index (χ0v) is 14.2. The molecule has 1 heterocycles. The van der Waals surface area contributed by atoms with Crippen LogP contribution in [0, 0.1) is 0 Å². The molecule has 0 atom stereocenters. The maximum atomic E-state index is 12.0. The highest BCUT2D eigenvalue weighted by molar-refractivity contribution is 9.10. The van der Waals surface area contributed by atoms with E-state index in [-0.39, 0.29) is 5.91 Å². The lowest BCUT2D eigenvalue weighted by molar-refractivity contribution is -0.113. The number of ether oxygens (including phenoxy) is 1. The van der Waals surface area contributed by atoms with Crippen molar-refractivity contribution in [3.63, 3.8) is 0 Å². The number of carbonyl (C=O) groups excluding carboxylic acids is 1. The minimum Gasteiger partial charge on any atom is -0.378 e. The fourth-order valence-corrected chi connectivity index (χ4v) is 3.01. The smallest absolute Gasteiger partial charge is 0.234 e. The molecular formula is C15H19BrN2O2S. The molecule has 21 heavy (non-hydrogen) atoms. The molecule has 114 valence electrons. The lowest BCUT2D eigenvalue weighted by Crippen LogP contribution is -2.36. The molecule has 1 aliphatic rings. The van der Waals surface area contributed by atoms with Crippen molar-refractivity contribution in [3.8, 4) is 0 Å². The van der Waals surface area contributed by atoms with Crippen LogP contribution in [0.25, 0.3) is 0 Å². The van der Waals surface area contributed by atoms with Crippen LogP contribution in [0.1, 0.15) is 0 Å². The first-order chi connectivity index (χ1) is 10.2. The summed E-state index contributed by atoms with van der Waals surface area (Å²) in [6.45, 7) is 6.78. The Hall–Kier alpha value is -0.980. The summed E-state index contributed by atoms with van der Waals surface area (Å²) in [6, 6.07) is 5.97. The van der Waals surface area contributed by atoms with Gasteiger partial charge in [0.2, 0.25) is 5.91 Å². The lowest BCUT2D eigenvalue weighted by Gasteiger charge is -2.30. The maximum absolute atomic E-state index is 12.0. The Kier molecular flexibility index (Phi) is 6.60. The van der Waals surface area contributed by atoms with Crippen LogP contribution in [0.4, 0.5) is 11.4 Å². The third kappa shape index (κ3) is 5.05. The zero-order chi connectivity index (χ0) is 15.1. The fraction of sp³-hybridized carbons (Fsp3) is 0.400. The summed E-state index contributed by atoms with van der Waals surface area (Å²) in [4.78, 5) is 14.2. The Morgan fingerprint density at radius 1 is 1.48 bits per heavy atom. The van der Waals surface area contributed by atoms with Crippen LogP contribution < -0.4 is 10.2 Å². The molecule has 1 aliphatic heterocycles. The van der Waals surface area contributed by atoms with E-state index in [1.54, 1.807) is 17.8 Å². The molecule has 0 unspecified atom stereocenters. The number of hydrogen-bond acceptors (Lipinski definition) is 4. The van der Waals surface area contributed by atoms with Gasteiger partial charge in [-0.2, -0.15) is 0 Å². The van der Waals surface area contributed by atoms with Crippen LogP contribution in [0.2, 0.25) is 0 Å². The normalized spacial score (nSPS) is 14.8. The van der Waals surface area contributed by atoms with Crippen LogP contribution in [0.15, 0.2) is 35.3 Å². The zero-order valence-electron chi connectivity index (χ0n) is 11.8. The van der Waals surface area contributed by atoms with Crippen LogP contribution in [0.3, 0.4) is 0 Å². The molecule has 0 aromatic heterocycles. The molecule has 1 aromatic rings. The van der Waals surface area contributed by atoms with Crippen LogP contribution in [-0.4, -0.2) is 43.7 Å². The van der Waals surface area contributed by atoms with Crippen molar-refractivity contribution in [2.75, 3.05) is 48.0 Å². The first-order valence-electron chi connectivity index (χ1n) is 6.81. The molecule has 1 amide bonds. The summed E-state index contributed by atoms with van der Waals surface area (Å²) < 4.78 is 6.33. The molecule has 1 aromatic carbocycles. The minimum absolute atomic E-state index is 0.00876. The predicted octanol–water partition coefficient (Wildman–Crippen LogP) is 3.14. The van der Waals surface area contributed by atoms with Gasteiger partial charge in [0.15, 0.2) is 0 Å². The molecule has 0 bridgehead atoms. The minimum atomic E-state index is 0.00876. The quantitative estimate of drug-likeness (QED) is 0.616. The van der Waals surface area contributed by atoms with Gasteiger partial charge in [-0.3, -0.25) is 4.79 Å². The number of morpholine rings is 1. The molecule has 2 rings (SSSR count). The van der Waals surface area contributed by atoms with E-state index in [2.05, 4.69) is 32.7 Å². The number of nitrogens with one attached hydrogen (secondary N) is 1. The molecule has 1 N–H and O–H groups in total. The molecule has 6 heteroatoms. The fourth-order valence-electron chi connectivity index (χ4n) is 2.11. The summed E-state index contributed by atoms with van der Waals surface area (Å²) in [5.74, 6) is 1.22. The van der Waals surface area contributed by atoms with Gasteiger partial charge in [-0.05, 0) is 18.2 Å². The number of amides is 1. The van der Waals surface area contributed by atoms with Crippen molar-refractivity contribution in [2.45, 2.75) is 0 Å². The predicted molar refractivity (Wildman–Crippen MR) is 93.3 cm³/mol. The largest absolute Gasteiger partial charge is 0.378 e. The summed E-state index contributed by atoms with van der Waals surface area (Å²) in [5, 5.41) is 3.00. The second-order valence-electron chi connectivity index (χ2n) is 4.61. The van der Waals surface area contributed by atoms with Crippen LogP contribution >= 0.6 is 27.7 Å². The van der Waals surface area contributed by atoms with Gasteiger partial charge >= 0.3 is 0 Å². The van der Waals surface area contributed by atoms with E-state index in [0.717, 1.165) is 47.9 Å². The number of benzene rings is 1. The van der Waals surface area contributed by atoms with Gasteiger partial charge in [0, 0.05) is 23.3 Å². The Bertz CT molecular complexity index is 504. The summed E-state index contributed by atoms with van der Waals surface area (Å²) in [7, 11) is 0. The number of carbonyl (C=O) groups is 1. The molecular weight excluding hydrogens is 352 g/mol. The standard InChI is InChI=1S/C15H19BrN2O2S/c1-2-9-21-11-15(19)17-13-10-12(16)3-4-14(13)18-5-7-20-8-6-18/h2-4,10H,1,5-9,11H2,(H,17,19). The third-order valence-electron chi connectivity index (χ3n) is 3.05. The number of halogens is 1. The van der Waals surface area contributed by atoms with Crippen LogP contribution in [-0.2, 0) is 9.53 Å². The lowest BCUT2D eigenvalue weighted by atomic mass is 10.2. The van der Waals surface area contributed by atoms with Crippen molar-refractivity contribution < 1.29 is 9.53 Å². The van der Waals surface area contributed by atoms with E-state index in [1.807, 2.05) is 18.2 Å². The number of rotatable bonds is 6. The van der Waals surface area contributed by atoms with Gasteiger partial charge in [0.1, 0.15) is 0 Å². The highest BCUT2D eigenvalue weighted by Gasteiger charge is 2.16. The highest BCUT2D eigenvalue weighted by Crippen LogP contribution is 2.30. The van der Waals surface area contributed by atoms with Crippen molar-refractivity contribution in [1.29, 1.82) is 0 Å². The molecule has 1 saturated heterocycles. The number of thioether (sulfide) groups is 1. The van der Waals surface area contributed by atoms with Crippen molar-refractivity contribution in [3.05, 3.63) is 35.3 Å². The maximum Gasteiger partial charge on any atom is 0.234 e. The Labute approximate surface area is 138 Å². The van der Waals surface area contributed by atoms with Gasteiger partial charge in [-0.1, -0.05) is 22.0 Å². The third-order valence-corrected chi connectivity index (χ3v) is 4.48. The van der Waals surface area contributed by atoms with E-state index in [9.17, 15) is 4.79 Å². The van der Waals surface area contributed by atoms with E-state index in [0.29, 0.717) is 5.75 Å². The second-order valence-corrected chi connectivity index (χ2v) is 6.56. The highest BCUT2D eigenvalue weighted by atomic mass is 79.9. The molecule has 0 radical (unpaired) electrons. The molecule has 0 saturated carbocycles. The van der Waals surface area contributed by atoms with Crippen molar-refractivity contribution in [2.24, 2.45) is 0 Å².